The first-order valence-electron chi connectivity index (χ1n) is 11.0. The molecule has 2 N–H and O–H groups in total. The van der Waals surface area contributed by atoms with Crippen molar-refractivity contribution in [2.75, 3.05) is 50.2 Å². The van der Waals surface area contributed by atoms with E-state index in [0.29, 0.717) is 68.3 Å². The molecule has 7 nitrogen and oxygen atoms in total. The summed E-state index contributed by atoms with van der Waals surface area (Å²) in [6.45, 7) is 1.71. The summed E-state index contributed by atoms with van der Waals surface area (Å²) in [7, 11) is 1.57. The van der Waals surface area contributed by atoms with Crippen molar-refractivity contribution in [2.24, 2.45) is 0 Å². The summed E-state index contributed by atoms with van der Waals surface area (Å²) in [4.78, 5) is 13.5. The molecule has 0 aromatic heterocycles. The van der Waals surface area contributed by atoms with E-state index in [1.54, 1.807) is 19.2 Å². The lowest BCUT2D eigenvalue weighted by Gasteiger charge is -2.39. The van der Waals surface area contributed by atoms with Gasteiger partial charge in [0.25, 0.3) is 0 Å². The van der Waals surface area contributed by atoms with Crippen LogP contribution >= 0.6 is 0 Å². The van der Waals surface area contributed by atoms with Crippen LogP contribution in [0.1, 0.15) is 24.8 Å². The Morgan fingerprint density at radius 3 is 2.58 bits per heavy atom. The SMILES string of the molecule is COCCOc1ccc(N2CCC(O)(COc3ccc(F)c4c3CCC(=O)N4)CC2)c(F)c1. The number of methoxy groups -OCH3 is 1. The first kappa shape index (κ1) is 23.3. The maximum atomic E-state index is 14.6. The number of piperidine rings is 1. The molecule has 1 saturated heterocycles. The number of carbonyl (C=O) groups is 1. The number of halogens is 2. The van der Waals surface area contributed by atoms with E-state index in [2.05, 4.69) is 5.32 Å². The maximum absolute atomic E-state index is 14.6. The standard InChI is InChI=1S/C24H28F2N2O5/c1-31-12-13-32-16-2-5-20(19(26)14-16)28-10-8-24(30,9-11-28)15-33-21-6-4-18(25)23-17(21)3-7-22(29)27-23/h2,4-6,14,30H,3,7-13,15H2,1H3,(H,27,29). The molecule has 0 aliphatic carbocycles. The molecule has 2 aliphatic heterocycles. The number of benzene rings is 2. The first-order valence-corrected chi connectivity index (χ1v) is 11.0. The summed E-state index contributed by atoms with van der Waals surface area (Å²) in [6, 6.07) is 7.52. The summed E-state index contributed by atoms with van der Waals surface area (Å²) in [5.74, 6) is -0.223. The van der Waals surface area contributed by atoms with E-state index >= 15 is 0 Å². The number of anilines is 2. The van der Waals surface area contributed by atoms with Crippen LogP contribution < -0.4 is 19.7 Å². The van der Waals surface area contributed by atoms with Gasteiger partial charge in [0.05, 0.1) is 18.0 Å². The average Bonchev–Trinajstić information content (AvgIpc) is 2.80. The number of amides is 1. The number of nitrogens with one attached hydrogen (secondary N) is 1. The van der Waals surface area contributed by atoms with Gasteiger partial charge in [-0.1, -0.05) is 0 Å². The molecule has 178 valence electrons. The van der Waals surface area contributed by atoms with Crippen LogP contribution in [0.4, 0.5) is 20.2 Å². The average molecular weight is 462 g/mol. The number of hydrogen-bond donors (Lipinski definition) is 2. The van der Waals surface area contributed by atoms with Crippen molar-refractivity contribution in [2.45, 2.75) is 31.3 Å². The van der Waals surface area contributed by atoms with E-state index in [1.165, 1.54) is 18.2 Å². The molecular weight excluding hydrogens is 434 g/mol. The van der Waals surface area contributed by atoms with Gasteiger partial charge in [0.1, 0.15) is 41.9 Å². The van der Waals surface area contributed by atoms with Crippen molar-refractivity contribution in [1.82, 2.24) is 0 Å². The van der Waals surface area contributed by atoms with Gasteiger partial charge in [-0.3, -0.25) is 4.79 Å². The smallest absolute Gasteiger partial charge is 0.224 e. The highest BCUT2D eigenvalue weighted by atomic mass is 19.1. The Morgan fingerprint density at radius 2 is 1.85 bits per heavy atom. The van der Waals surface area contributed by atoms with Gasteiger partial charge in [-0.2, -0.15) is 0 Å². The van der Waals surface area contributed by atoms with Crippen LogP contribution in [0.5, 0.6) is 11.5 Å². The van der Waals surface area contributed by atoms with Crippen LogP contribution in [0.3, 0.4) is 0 Å². The number of ether oxygens (including phenoxy) is 3. The van der Waals surface area contributed by atoms with Crippen LogP contribution in [0, 0.1) is 11.6 Å². The van der Waals surface area contributed by atoms with Gasteiger partial charge in [-0.05, 0) is 43.5 Å². The minimum Gasteiger partial charge on any atom is -0.491 e. The molecule has 4 rings (SSSR count). The lowest BCUT2D eigenvalue weighted by atomic mass is 9.92. The van der Waals surface area contributed by atoms with Gasteiger partial charge >= 0.3 is 0 Å². The monoisotopic (exact) mass is 462 g/mol. The lowest BCUT2D eigenvalue weighted by Crippen LogP contribution is -2.48. The largest absolute Gasteiger partial charge is 0.491 e. The molecule has 1 fully saturated rings. The van der Waals surface area contributed by atoms with E-state index in [1.807, 2.05) is 4.90 Å². The van der Waals surface area contributed by atoms with Crippen molar-refractivity contribution in [3.63, 3.8) is 0 Å². The van der Waals surface area contributed by atoms with E-state index < -0.39 is 11.4 Å². The number of aliphatic hydroxyl groups is 1. The van der Waals surface area contributed by atoms with Crippen molar-refractivity contribution in [1.29, 1.82) is 0 Å². The fourth-order valence-electron chi connectivity index (χ4n) is 4.16. The molecule has 0 bridgehead atoms. The Labute approximate surface area is 191 Å². The third-order valence-electron chi connectivity index (χ3n) is 6.09. The Bertz CT molecular complexity index is 1010. The Morgan fingerprint density at radius 1 is 1.06 bits per heavy atom. The zero-order valence-electron chi connectivity index (χ0n) is 18.5. The molecule has 1 amide bonds. The highest BCUT2D eigenvalue weighted by Crippen LogP contribution is 2.35. The van der Waals surface area contributed by atoms with E-state index in [9.17, 15) is 18.7 Å². The topological polar surface area (TPSA) is 80.3 Å². The maximum Gasteiger partial charge on any atom is 0.224 e. The molecule has 9 heteroatoms. The molecule has 2 aromatic rings. The molecule has 2 heterocycles. The molecule has 2 aliphatic rings. The van der Waals surface area contributed by atoms with Crippen LogP contribution in [0.2, 0.25) is 0 Å². The van der Waals surface area contributed by atoms with Gasteiger partial charge in [-0.15, -0.1) is 0 Å². The lowest BCUT2D eigenvalue weighted by molar-refractivity contribution is -0.116. The number of rotatable bonds is 8. The van der Waals surface area contributed by atoms with E-state index in [0.717, 1.165) is 0 Å². The summed E-state index contributed by atoms with van der Waals surface area (Å²) < 4.78 is 44.9. The van der Waals surface area contributed by atoms with Crippen molar-refractivity contribution in [3.8, 4) is 11.5 Å². The quantitative estimate of drug-likeness (QED) is 0.586. The minimum absolute atomic E-state index is 0.0294. The van der Waals surface area contributed by atoms with Gasteiger partial charge < -0.3 is 29.5 Å². The fourth-order valence-corrected chi connectivity index (χ4v) is 4.16. The van der Waals surface area contributed by atoms with E-state index in [4.69, 9.17) is 14.2 Å². The molecule has 0 saturated carbocycles. The molecule has 2 aromatic carbocycles. The Kier molecular flexibility index (Phi) is 6.99. The first-order chi connectivity index (χ1) is 15.9. The Balaban J connectivity index is 1.35. The van der Waals surface area contributed by atoms with Crippen LogP contribution in [-0.4, -0.2) is 56.6 Å². The van der Waals surface area contributed by atoms with Crippen LogP contribution in [0.15, 0.2) is 30.3 Å². The second kappa shape index (κ2) is 9.93. The molecule has 0 atom stereocenters. The van der Waals surface area contributed by atoms with Crippen molar-refractivity contribution >= 4 is 17.3 Å². The predicted molar refractivity (Wildman–Crippen MR) is 119 cm³/mol. The fraction of sp³-hybridized carbons (Fsp3) is 0.458. The number of hydrogen-bond acceptors (Lipinski definition) is 6. The van der Waals surface area contributed by atoms with Crippen LogP contribution in [0.25, 0.3) is 0 Å². The highest BCUT2D eigenvalue weighted by Gasteiger charge is 2.34. The molecule has 0 radical (unpaired) electrons. The third-order valence-corrected chi connectivity index (χ3v) is 6.09. The van der Waals surface area contributed by atoms with Gasteiger partial charge in [0.15, 0.2) is 0 Å². The minimum atomic E-state index is -1.09. The molecular formula is C24H28F2N2O5. The summed E-state index contributed by atoms with van der Waals surface area (Å²) in [5, 5.41) is 13.6. The van der Waals surface area contributed by atoms with Crippen molar-refractivity contribution < 1.29 is 32.9 Å². The van der Waals surface area contributed by atoms with E-state index in [-0.39, 0.29) is 30.4 Å². The number of carbonyl (C=O) groups excluding carboxylic acids is 1. The van der Waals surface area contributed by atoms with Gasteiger partial charge in [0, 0.05) is 38.2 Å². The number of nitrogens with zero attached hydrogens (tertiary/aromatic N) is 1. The summed E-state index contributed by atoms with van der Waals surface area (Å²) >= 11 is 0. The van der Waals surface area contributed by atoms with Crippen molar-refractivity contribution in [3.05, 3.63) is 47.5 Å². The molecule has 0 unspecified atom stereocenters. The second-order valence-corrected chi connectivity index (χ2v) is 8.40. The molecule has 0 spiro atoms. The third kappa shape index (κ3) is 5.36. The summed E-state index contributed by atoms with van der Waals surface area (Å²) in [6.07, 6.45) is 1.41. The van der Waals surface area contributed by atoms with Gasteiger partial charge in [0.2, 0.25) is 5.91 Å². The second-order valence-electron chi connectivity index (χ2n) is 8.40. The van der Waals surface area contributed by atoms with Gasteiger partial charge in [-0.25, -0.2) is 8.78 Å². The molecule has 33 heavy (non-hydrogen) atoms. The predicted octanol–water partition coefficient (Wildman–Crippen LogP) is 3.29. The summed E-state index contributed by atoms with van der Waals surface area (Å²) in [5.41, 5.74) is 0.122. The normalized spacial score (nSPS) is 17.3. The van der Waals surface area contributed by atoms with Crippen LogP contribution in [-0.2, 0) is 16.0 Å². The number of fused-ring (bicyclic) bond motifs is 1. The highest BCUT2D eigenvalue weighted by molar-refractivity contribution is 5.94. The Hall–Kier alpha value is -2.91. The zero-order chi connectivity index (χ0) is 23.4. The zero-order valence-corrected chi connectivity index (χ0v) is 18.5.